The summed E-state index contributed by atoms with van der Waals surface area (Å²) in [4.78, 5) is 22.7. The molecule has 148 valence electrons. The number of nitrogens with zero attached hydrogens (tertiary/aromatic N) is 1. The Kier molecular flexibility index (Phi) is 6.71. The van der Waals surface area contributed by atoms with Gasteiger partial charge in [-0.05, 0) is 29.7 Å². The number of carbonyl (C=O) groups is 1. The number of nitro benzene ring substituents is 1. The molecule has 0 heterocycles. The Morgan fingerprint density at radius 2 is 1.55 bits per heavy atom. The third-order valence-corrected chi connectivity index (χ3v) is 4.66. The van der Waals surface area contributed by atoms with Crippen molar-refractivity contribution in [3.63, 3.8) is 0 Å². The molecule has 0 saturated carbocycles. The molecule has 3 rings (SSSR count). The summed E-state index contributed by atoms with van der Waals surface area (Å²) >= 11 is 0. The lowest BCUT2D eigenvalue weighted by molar-refractivity contribution is -0.384. The molecule has 0 radical (unpaired) electrons. The van der Waals surface area contributed by atoms with Gasteiger partial charge in [-0.25, -0.2) is 0 Å². The summed E-state index contributed by atoms with van der Waals surface area (Å²) in [6.07, 6.45) is 0.284. The van der Waals surface area contributed by atoms with Crippen LogP contribution in [-0.2, 0) is 4.79 Å². The molecular formula is C23H23N3O3. The first-order chi connectivity index (χ1) is 14.0. The lowest BCUT2D eigenvalue weighted by atomic mass is 9.98. The van der Waals surface area contributed by atoms with Crippen molar-refractivity contribution in [3.8, 4) is 0 Å². The molecule has 0 unspecified atom stereocenters. The fraction of sp³-hybridized carbons (Fsp3) is 0.174. The number of nitro groups is 1. The van der Waals surface area contributed by atoms with Crippen LogP contribution >= 0.6 is 0 Å². The van der Waals surface area contributed by atoms with E-state index in [1.165, 1.54) is 12.1 Å². The van der Waals surface area contributed by atoms with E-state index in [0.717, 1.165) is 11.1 Å². The van der Waals surface area contributed by atoms with Gasteiger partial charge in [0.25, 0.3) is 5.69 Å². The highest BCUT2D eigenvalue weighted by Gasteiger charge is 2.14. The maximum atomic E-state index is 12.4. The van der Waals surface area contributed by atoms with Crippen molar-refractivity contribution < 1.29 is 9.72 Å². The van der Waals surface area contributed by atoms with E-state index in [4.69, 9.17) is 0 Å². The van der Waals surface area contributed by atoms with Crippen LogP contribution in [0.25, 0.3) is 0 Å². The van der Waals surface area contributed by atoms with Crippen LogP contribution in [0.4, 0.5) is 11.4 Å². The molecule has 6 nitrogen and oxygen atoms in total. The Morgan fingerprint density at radius 1 is 0.966 bits per heavy atom. The minimum absolute atomic E-state index is 0.00805. The zero-order chi connectivity index (χ0) is 20.6. The van der Waals surface area contributed by atoms with Crippen LogP contribution in [0.2, 0.25) is 0 Å². The second-order valence-corrected chi connectivity index (χ2v) is 6.76. The summed E-state index contributed by atoms with van der Waals surface area (Å²) in [5.74, 6) is -0.144. The second-order valence-electron chi connectivity index (χ2n) is 6.76. The quantitative estimate of drug-likeness (QED) is 0.435. The minimum Gasteiger partial charge on any atom is -0.326 e. The Labute approximate surface area is 169 Å². The molecule has 0 aliphatic heterocycles. The molecule has 0 aromatic heterocycles. The number of non-ortho nitro benzene ring substituents is 1. The van der Waals surface area contributed by atoms with E-state index in [1.54, 1.807) is 13.0 Å². The molecule has 2 N–H and O–H groups in total. The van der Waals surface area contributed by atoms with Gasteiger partial charge < -0.3 is 10.6 Å². The lowest BCUT2D eigenvalue weighted by Crippen LogP contribution is -2.27. The van der Waals surface area contributed by atoms with Crippen molar-refractivity contribution in [3.05, 3.63) is 106 Å². The van der Waals surface area contributed by atoms with Crippen LogP contribution < -0.4 is 10.6 Å². The first-order valence-electron chi connectivity index (χ1n) is 9.43. The van der Waals surface area contributed by atoms with E-state index in [2.05, 4.69) is 34.9 Å². The number of hydrogen-bond donors (Lipinski definition) is 2. The van der Waals surface area contributed by atoms with Crippen molar-refractivity contribution in [1.82, 2.24) is 5.32 Å². The molecule has 0 fully saturated rings. The molecule has 29 heavy (non-hydrogen) atoms. The normalized spacial score (nSPS) is 10.7. The van der Waals surface area contributed by atoms with Gasteiger partial charge in [-0.2, -0.15) is 0 Å². The van der Waals surface area contributed by atoms with Gasteiger partial charge in [0.1, 0.15) is 0 Å². The number of amides is 1. The zero-order valence-corrected chi connectivity index (χ0v) is 16.2. The molecule has 1 amide bonds. The third kappa shape index (κ3) is 5.49. The Morgan fingerprint density at radius 3 is 2.07 bits per heavy atom. The number of rotatable bonds is 8. The van der Waals surface area contributed by atoms with Gasteiger partial charge in [0, 0.05) is 30.8 Å². The van der Waals surface area contributed by atoms with Gasteiger partial charge in [-0.15, -0.1) is 0 Å². The number of anilines is 1. The highest BCUT2D eigenvalue weighted by molar-refractivity contribution is 5.91. The SMILES string of the molecule is Cc1cc([N+](=O)[O-])ccc1NC(=O)CCNC(c1ccccc1)c1ccccc1. The van der Waals surface area contributed by atoms with Crippen molar-refractivity contribution in [2.75, 3.05) is 11.9 Å². The van der Waals surface area contributed by atoms with Crippen molar-refractivity contribution >= 4 is 17.3 Å². The molecule has 0 bridgehead atoms. The molecular weight excluding hydrogens is 366 g/mol. The third-order valence-electron chi connectivity index (χ3n) is 4.66. The molecule has 3 aromatic carbocycles. The molecule has 0 aliphatic carbocycles. The van der Waals surface area contributed by atoms with Crippen molar-refractivity contribution in [2.24, 2.45) is 0 Å². The van der Waals surface area contributed by atoms with E-state index < -0.39 is 4.92 Å². The molecule has 3 aromatic rings. The van der Waals surface area contributed by atoms with Crippen LogP contribution in [0.5, 0.6) is 0 Å². The molecule has 6 heteroatoms. The van der Waals surface area contributed by atoms with Gasteiger partial charge >= 0.3 is 0 Å². The molecule has 0 spiro atoms. The number of carbonyl (C=O) groups excluding carboxylic acids is 1. The number of aryl methyl sites for hydroxylation is 1. The highest BCUT2D eigenvalue weighted by Crippen LogP contribution is 2.23. The topological polar surface area (TPSA) is 84.3 Å². The van der Waals surface area contributed by atoms with Crippen LogP contribution in [0.3, 0.4) is 0 Å². The van der Waals surface area contributed by atoms with Crippen LogP contribution in [0.1, 0.15) is 29.2 Å². The first-order valence-corrected chi connectivity index (χ1v) is 9.43. The number of nitrogens with one attached hydrogen (secondary N) is 2. The Hall–Kier alpha value is -3.51. The average Bonchev–Trinajstić information content (AvgIpc) is 2.74. The summed E-state index contributed by atoms with van der Waals surface area (Å²) in [5, 5.41) is 17.1. The summed E-state index contributed by atoms with van der Waals surface area (Å²) in [5.41, 5.74) is 3.52. The smallest absolute Gasteiger partial charge is 0.269 e. The van der Waals surface area contributed by atoms with Crippen LogP contribution in [-0.4, -0.2) is 17.4 Å². The van der Waals surface area contributed by atoms with E-state index in [9.17, 15) is 14.9 Å². The molecule has 0 aliphatic rings. The highest BCUT2D eigenvalue weighted by atomic mass is 16.6. The lowest BCUT2D eigenvalue weighted by Gasteiger charge is -2.20. The number of hydrogen-bond acceptors (Lipinski definition) is 4. The Balaban J connectivity index is 1.61. The van der Waals surface area contributed by atoms with Gasteiger partial charge in [-0.1, -0.05) is 60.7 Å². The minimum atomic E-state index is -0.449. The van der Waals surface area contributed by atoms with Crippen LogP contribution in [0, 0.1) is 17.0 Å². The molecule has 0 saturated heterocycles. The maximum Gasteiger partial charge on any atom is 0.269 e. The Bertz CT molecular complexity index is 936. The van der Waals surface area contributed by atoms with Crippen molar-refractivity contribution in [2.45, 2.75) is 19.4 Å². The monoisotopic (exact) mass is 389 g/mol. The van der Waals surface area contributed by atoms with Gasteiger partial charge in [0.05, 0.1) is 11.0 Å². The predicted molar refractivity (Wildman–Crippen MR) is 114 cm³/mol. The molecule has 0 atom stereocenters. The fourth-order valence-corrected chi connectivity index (χ4v) is 3.16. The van der Waals surface area contributed by atoms with Crippen molar-refractivity contribution in [1.29, 1.82) is 0 Å². The maximum absolute atomic E-state index is 12.4. The van der Waals surface area contributed by atoms with Gasteiger partial charge in [0.2, 0.25) is 5.91 Å². The van der Waals surface area contributed by atoms with E-state index in [0.29, 0.717) is 17.8 Å². The van der Waals surface area contributed by atoms with Crippen LogP contribution in [0.15, 0.2) is 78.9 Å². The fourth-order valence-electron chi connectivity index (χ4n) is 3.16. The van der Waals surface area contributed by atoms with E-state index >= 15 is 0 Å². The largest absolute Gasteiger partial charge is 0.326 e. The standard InChI is InChI=1S/C23H23N3O3/c1-17-16-20(26(28)29)12-13-21(17)25-22(27)14-15-24-23(18-8-4-2-5-9-18)19-10-6-3-7-11-19/h2-13,16,23-24H,14-15H2,1H3,(H,25,27). The number of benzene rings is 3. The summed E-state index contributed by atoms with van der Waals surface area (Å²) in [6.45, 7) is 2.23. The predicted octanol–water partition coefficient (Wildman–Crippen LogP) is 4.61. The summed E-state index contributed by atoms with van der Waals surface area (Å²) in [6, 6.07) is 24.6. The zero-order valence-electron chi connectivity index (χ0n) is 16.2. The van der Waals surface area contributed by atoms with E-state index in [1.807, 2.05) is 36.4 Å². The van der Waals surface area contributed by atoms with E-state index in [-0.39, 0.29) is 24.1 Å². The summed E-state index contributed by atoms with van der Waals surface area (Å²) < 4.78 is 0. The second kappa shape index (κ2) is 9.61. The summed E-state index contributed by atoms with van der Waals surface area (Å²) in [7, 11) is 0. The van der Waals surface area contributed by atoms with Gasteiger partial charge in [-0.3, -0.25) is 14.9 Å². The van der Waals surface area contributed by atoms with Gasteiger partial charge in [0.15, 0.2) is 0 Å². The first kappa shape index (κ1) is 20.2. The average molecular weight is 389 g/mol.